The lowest BCUT2D eigenvalue weighted by Crippen LogP contribution is -2.36. The number of anilines is 2. The minimum Gasteiger partial charge on any atom is -0.378 e. The average molecular weight is 474 g/mol. The summed E-state index contributed by atoms with van der Waals surface area (Å²) in [5.41, 5.74) is 2.53. The molecule has 2 aromatic heterocycles. The summed E-state index contributed by atoms with van der Waals surface area (Å²) in [5.74, 6) is -0.672. The second-order valence-corrected chi connectivity index (χ2v) is 9.30. The van der Waals surface area contributed by atoms with Gasteiger partial charge in [0.1, 0.15) is 10.7 Å². The molecule has 9 heteroatoms. The Kier molecular flexibility index (Phi) is 5.62. The van der Waals surface area contributed by atoms with Crippen molar-refractivity contribution < 1.29 is 13.9 Å². The molecule has 0 unspecified atom stereocenters. The van der Waals surface area contributed by atoms with Crippen LogP contribution in [0.15, 0.2) is 47.8 Å². The molecule has 5 rings (SSSR count). The zero-order valence-electron chi connectivity index (χ0n) is 16.2. The van der Waals surface area contributed by atoms with Crippen LogP contribution in [0.2, 0.25) is 5.02 Å². The smallest absolute Gasteiger partial charge is 0.267 e. The van der Waals surface area contributed by atoms with E-state index in [0.717, 1.165) is 42.7 Å². The van der Waals surface area contributed by atoms with Crippen LogP contribution in [0, 0.1) is 5.82 Å². The van der Waals surface area contributed by atoms with E-state index < -0.39 is 0 Å². The van der Waals surface area contributed by atoms with Gasteiger partial charge in [-0.25, -0.2) is 9.37 Å². The number of thiophene rings is 1. The molecule has 5 nitrogen and oxygen atoms in total. The SMILES string of the molecule is O=C(Nc1ccc(-c2csc(N3CCOCC3)n2)cc1)c1sc2cc(F)ccc2c1Cl. The highest BCUT2D eigenvalue weighted by atomic mass is 35.5. The van der Waals surface area contributed by atoms with Crippen LogP contribution in [-0.2, 0) is 4.74 Å². The zero-order chi connectivity index (χ0) is 21.4. The molecule has 0 aliphatic carbocycles. The van der Waals surface area contributed by atoms with Crippen LogP contribution in [0.25, 0.3) is 21.3 Å². The number of benzene rings is 2. The van der Waals surface area contributed by atoms with Gasteiger partial charge in [0, 0.05) is 39.8 Å². The first kappa shape index (κ1) is 20.4. The maximum absolute atomic E-state index is 13.5. The number of nitrogens with zero attached hydrogens (tertiary/aromatic N) is 2. The molecule has 1 N–H and O–H groups in total. The number of thiazole rings is 1. The van der Waals surface area contributed by atoms with E-state index in [4.69, 9.17) is 21.3 Å². The van der Waals surface area contributed by atoms with E-state index in [0.29, 0.717) is 25.7 Å². The van der Waals surface area contributed by atoms with Gasteiger partial charge in [-0.2, -0.15) is 0 Å². The number of ether oxygens (including phenoxy) is 1. The quantitative estimate of drug-likeness (QED) is 0.400. The summed E-state index contributed by atoms with van der Waals surface area (Å²) in [6.45, 7) is 3.15. The maximum atomic E-state index is 13.5. The molecule has 1 saturated heterocycles. The molecule has 31 heavy (non-hydrogen) atoms. The third-order valence-electron chi connectivity index (χ3n) is 5.01. The molecule has 158 valence electrons. The number of hydrogen-bond acceptors (Lipinski definition) is 6. The van der Waals surface area contributed by atoms with Gasteiger partial charge in [0.05, 0.1) is 23.9 Å². The van der Waals surface area contributed by atoms with E-state index in [9.17, 15) is 9.18 Å². The molecule has 1 amide bonds. The lowest BCUT2D eigenvalue weighted by Gasteiger charge is -2.26. The lowest BCUT2D eigenvalue weighted by molar-refractivity contribution is 0.103. The Morgan fingerprint density at radius 2 is 1.94 bits per heavy atom. The molecular formula is C22H17ClFN3O2S2. The van der Waals surface area contributed by atoms with Crippen LogP contribution in [0.4, 0.5) is 15.2 Å². The third kappa shape index (κ3) is 4.16. The van der Waals surface area contributed by atoms with Crippen molar-refractivity contribution in [2.75, 3.05) is 36.5 Å². The number of rotatable bonds is 4. The number of fused-ring (bicyclic) bond motifs is 1. The molecule has 0 radical (unpaired) electrons. The van der Waals surface area contributed by atoms with E-state index in [-0.39, 0.29) is 11.7 Å². The van der Waals surface area contributed by atoms with Crippen molar-refractivity contribution in [3.63, 3.8) is 0 Å². The van der Waals surface area contributed by atoms with E-state index >= 15 is 0 Å². The van der Waals surface area contributed by atoms with Gasteiger partial charge >= 0.3 is 0 Å². The molecule has 0 atom stereocenters. The Morgan fingerprint density at radius 1 is 1.16 bits per heavy atom. The van der Waals surface area contributed by atoms with Crippen molar-refractivity contribution >= 4 is 61.1 Å². The Bertz CT molecular complexity index is 1250. The van der Waals surface area contributed by atoms with Crippen molar-refractivity contribution in [2.24, 2.45) is 0 Å². The second-order valence-electron chi connectivity index (χ2n) is 7.03. The monoisotopic (exact) mass is 473 g/mol. The molecule has 0 spiro atoms. The fourth-order valence-corrected chi connectivity index (χ4v) is 5.72. The second kappa shape index (κ2) is 8.55. The predicted molar refractivity (Wildman–Crippen MR) is 125 cm³/mol. The predicted octanol–water partition coefficient (Wildman–Crippen LogP) is 5.91. The van der Waals surface area contributed by atoms with Crippen LogP contribution in [-0.4, -0.2) is 37.2 Å². The minimum absolute atomic E-state index is 0.317. The van der Waals surface area contributed by atoms with Crippen molar-refractivity contribution in [1.29, 1.82) is 0 Å². The van der Waals surface area contributed by atoms with E-state index in [1.54, 1.807) is 17.4 Å². The standard InChI is InChI=1S/C22H17ClFN3O2S2/c23-19-16-6-3-14(24)11-18(16)31-20(19)21(28)25-15-4-1-13(2-5-15)17-12-30-22(26-17)27-7-9-29-10-8-27/h1-6,11-12H,7-10H2,(H,25,28). The van der Waals surface area contributed by atoms with Crippen LogP contribution >= 0.6 is 34.3 Å². The van der Waals surface area contributed by atoms with Crippen molar-refractivity contribution in [1.82, 2.24) is 4.98 Å². The van der Waals surface area contributed by atoms with Gasteiger partial charge in [0.2, 0.25) is 0 Å². The summed E-state index contributed by atoms with van der Waals surface area (Å²) in [5, 5.41) is 6.91. The summed E-state index contributed by atoms with van der Waals surface area (Å²) in [4.78, 5) is 20.0. The van der Waals surface area contributed by atoms with Gasteiger partial charge in [0.15, 0.2) is 5.13 Å². The number of amides is 1. The Morgan fingerprint density at radius 3 is 2.71 bits per heavy atom. The summed E-state index contributed by atoms with van der Waals surface area (Å²) in [6, 6.07) is 11.8. The molecule has 2 aromatic carbocycles. The number of carbonyl (C=O) groups excluding carboxylic acids is 1. The molecular weight excluding hydrogens is 457 g/mol. The van der Waals surface area contributed by atoms with Crippen LogP contribution in [0.1, 0.15) is 9.67 Å². The Hall–Kier alpha value is -2.52. The fraction of sp³-hybridized carbons (Fsp3) is 0.182. The largest absolute Gasteiger partial charge is 0.378 e. The average Bonchev–Trinajstić information content (AvgIpc) is 3.40. The molecule has 3 heterocycles. The molecule has 0 saturated carbocycles. The highest BCUT2D eigenvalue weighted by Gasteiger charge is 2.18. The summed E-state index contributed by atoms with van der Waals surface area (Å²) in [6.07, 6.45) is 0. The number of nitrogens with one attached hydrogen (secondary N) is 1. The van der Waals surface area contributed by atoms with Crippen LogP contribution in [0.3, 0.4) is 0 Å². The van der Waals surface area contributed by atoms with E-state index in [1.807, 2.05) is 29.6 Å². The van der Waals surface area contributed by atoms with Gasteiger partial charge in [0.25, 0.3) is 5.91 Å². The molecule has 1 aliphatic rings. The summed E-state index contributed by atoms with van der Waals surface area (Å²) >= 11 is 9.14. The van der Waals surface area contributed by atoms with Gasteiger partial charge < -0.3 is 15.0 Å². The molecule has 1 fully saturated rings. The van der Waals surface area contributed by atoms with Crippen molar-refractivity contribution in [3.8, 4) is 11.3 Å². The first-order valence-corrected chi connectivity index (χ1v) is 11.7. The Labute approximate surface area is 191 Å². The van der Waals surface area contributed by atoms with E-state index in [2.05, 4.69) is 10.2 Å². The number of hydrogen-bond donors (Lipinski definition) is 1. The Balaban J connectivity index is 1.31. The van der Waals surface area contributed by atoms with E-state index in [1.165, 1.54) is 23.5 Å². The zero-order valence-corrected chi connectivity index (χ0v) is 18.6. The van der Waals surface area contributed by atoms with Gasteiger partial charge in [-0.15, -0.1) is 22.7 Å². The fourth-order valence-electron chi connectivity index (χ4n) is 3.39. The highest BCUT2D eigenvalue weighted by molar-refractivity contribution is 7.21. The minimum atomic E-state index is -0.355. The van der Waals surface area contributed by atoms with Gasteiger partial charge in [-0.1, -0.05) is 23.7 Å². The van der Waals surface area contributed by atoms with Crippen molar-refractivity contribution in [2.45, 2.75) is 0 Å². The molecule has 1 aliphatic heterocycles. The number of carbonyl (C=O) groups is 1. The number of halogens is 2. The lowest BCUT2D eigenvalue weighted by atomic mass is 10.1. The topological polar surface area (TPSA) is 54.5 Å². The number of morpholine rings is 1. The molecule has 0 bridgehead atoms. The van der Waals surface area contributed by atoms with Gasteiger partial charge in [-0.05, 0) is 30.3 Å². The normalized spacial score (nSPS) is 14.2. The van der Waals surface area contributed by atoms with Crippen LogP contribution in [0.5, 0.6) is 0 Å². The number of aromatic nitrogens is 1. The van der Waals surface area contributed by atoms with Crippen molar-refractivity contribution in [3.05, 3.63) is 63.6 Å². The van der Waals surface area contributed by atoms with Gasteiger partial charge in [-0.3, -0.25) is 4.79 Å². The first-order valence-electron chi connectivity index (χ1n) is 9.66. The third-order valence-corrected chi connectivity index (χ3v) is 7.57. The molecule has 4 aromatic rings. The maximum Gasteiger partial charge on any atom is 0.267 e. The van der Waals surface area contributed by atoms with Crippen LogP contribution < -0.4 is 10.2 Å². The highest BCUT2D eigenvalue weighted by Crippen LogP contribution is 2.36. The summed E-state index contributed by atoms with van der Waals surface area (Å²) < 4.78 is 19.5. The summed E-state index contributed by atoms with van der Waals surface area (Å²) in [7, 11) is 0. The first-order chi connectivity index (χ1) is 15.1.